The molecule has 1 amide bonds. The largest absolute Gasteiger partial charge is 0.455 e. The first-order valence-corrected chi connectivity index (χ1v) is 11.4. The molecule has 1 aliphatic rings. The van der Waals surface area contributed by atoms with E-state index in [0.717, 1.165) is 5.56 Å². The van der Waals surface area contributed by atoms with E-state index in [1.807, 2.05) is 48.7 Å². The SMILES string of the molecule is CSc1nnc2c(n1)O[C@H](c1ccc(-c3ccc(Cl)cc3)o1)N(C(C)=O)c1ccccc1-2. The normalized spacial score (nSPS) is 14.8. The second-order valence-electron chi connectivity index (χ2n) is 7.04. The highest BCUT2D eigenvalue weighted by Crippen LogP contribution is 2.44. The van der Waals surface area contributed by atoms with Gasteiger partial charge in [-0.2, -0.15) is 4.98 Å². The lowest BCUT2D eigenvalue weighted by Crippen LogP contribution is -2.35. The zero-order valence-electron chi connectivity index (χ0n) is 17.2. The van der Waals surface area contributed by atoms with Crippen LogP contribution in [0.1, 0.15) is 18.9 Å². The second kappa shape index (κ2) is 8.29. The van der Waals surface area contributed by atoms with Gasteiger partial charge in [-0.25, -0.2) is 0 Å². The summed E-state index contributed by atoms with van der Waals surface area (Å²) in [6, 6.07) is 18.4. The Bertz CT molecular complexity index is 1310. The molecule has 0 unspecified atom stereocenters. The van der Waals surface area contributed by atoms with Crippen LogP contribution in [0.25, 0.3) is 22.6 Å². The van der Waals surface area contributed by atoms with Gasteiger partial charge in [0.25, 0.3) is 0 Å². The first-order chi connectivity index (χ1) is 15.5. The molecular formula is C23H17ClN4O3S. The fourth-order valence-corrected chi connectivity index (χ4v) is 4.00. The van der Waals surface area contributed by atoms with E-state index in [9.17, 15) is 4.79 Å². The predicted octanol–water partition coefficient (Wildman–Crippen LogP) is 5.62. The molecule has 9 heteroatoms. The second-order valence-corrected chi connectivity index (χ2v) is 8.25. The molecule has 1 atom stereocenters. The number of para-hydroxylation sites is 1. The number of carbonyl (C=O) groups excluding carboxylic acids is 1. The van der Waals surface area contributed by atoms with Gasteiger partial charge in [-0.05, 0) is 48.7 Å². The summed E-state index contributed by atoms with van der Waals surface area (Å²) in [5.74, 6) is 1.16. The monoisotopic (exact) mass is 464 g/mol. The van der Waals surface area contributed by atoms with Crippen molar-refractivity contribution >= 4 is 35.0 Å². The fraction of sp³-hybridized carbons (Fsp3) is 0.130. The molecule has 160 valence electrons. The molecular weight excluding hydrogens is 448 g/mol. The number of ether oxygens (including phenoxy) is 1. The molecule has 0 bridgehead atoms. The Morgan fingerprint density at radius 3 is 2.59 bits per heavy atom. The van der Waals surface area contributed by atoms with Gasteiger partial charge in [-0.15, -0.1) is 10.2 Å². The fourth-order valence-electron chi connectivity index (χ4n) is 3.58. The van der Waals surface area contributed by atoms with Crippen molar-refractivity contribution in [2.75, 3.05) is 11.2 Å². The van der Waals surface area contributed by atoms with E-state index in [1.54, 1.807) is 23.1 Å². The van der Waals surface area contributed by atoms with Crippen molar-refractivity contribution in [1.82, 2.24) is 15.2 Å². The number of anilines is 1. The smallest absolute Gasteiger partial charge is 0.247 e. The van der Waals surface area contributed by atoms with Gasteiger partial charge in [-0.3, -0.25) is 9.69 Å². The maximum absolute atomic E-state index is 12.8. The molecule has 5 rings (SSSR count). The molecule has 0 fully saturated rings. The number of fused-ring (bicyclic) bond motifs is 3. The van der Waals surface area contributed by atoms with Crippen LogP contribution in [0.2, 0.25) is 5.02 Å². The average molecular weight is 465 g/mol. The average Bonchev–Trinajstić information content (AvgIpc) is 3.24. The first-order valence-electron chi connectivity index (χ1n) is 9.75. The number of hydrogen-bond acceptors (Lipinski definition) is 7. The van der Waals surface area contributed by atoms with Crippen molar-refractivity contribution in [1.29, 1.82) is 0 Å². The number of aromatic nitrogens is 3. The lowest BCUT2D eigenvalue weighted by Gasteiger charge is -2.28. The summed E-state index contributed by atoms with van der Waals surface area (Å²) in [5.41, 5.74) is 2.67. The number of benzene rings is 2. The zero-order valence-corrected chi connectivity index (χ0v) is 18.7. The molecule has 0 N–H and O–H groups in total. The Morgan fingerprint density at radius 1 is 1.06 bits per heavy atom. The summed E-state index contributed by atoms with van der Waals surface area (Å²) in [5, 5.41) is 9.60. The van der Waals surface area contributed by atoms with Crippen LogP contribution in [0, 0.1) is 0 Å². The van der Waals surface area contributed by atoms with E-state index in [4.69, 9.17) is 20.8 Å². The van der Waals surface area contributed by atoms with Crippen molar-refractivity contribution in [2.24, 2.45) is 0 Å². The molecule has 2 aromatic carbocycles. The van der Waals surface area contributed by atoms with Crippen molar-refractivity contribution in [2.45, 2.75) is 18.3 Å². The van der Waals surface area contributed by atoms with Gasteiger partial charge in [0.15, 0.2) is 11.5 Å². The Balaban J connectivity index is 1.66. The minimum atomic E-state index is -0.873. The van der Waals surface area contributed by atoms with Crippen molar-refractivity contribution < 1.29 is 13.9 Å². The predicted molar refractivity (Wildman–Crippen MR) is 123 cm³/mol. The van der Waals surface area contributed by atoms with Gasteiger partial charge in [0.2, 0.25) is 23.2 Å². The summed E-state index contributed by atoms with van der Waals surface area (Å²) in [7, 11) is 0. The number of furan rings is 1. The molecule has 1 aliphatic heterocycles. The van der Waals surface area contributed by atoms with Crippen molar-refractivity contribution in [3.8, 4) is 28.5 Å². The highest BCUT2D eigenvalue weighted by molar-refractivity contribution is 7.98. The van der Waals surface area contributed by atoms with E-state index in [0.29, 0.717) is 38.6 Å². The van der Waals surface area contributed by atoms with Gasteiger partial charge >= 0.3 is 0 Å². The maximum atomic E-state index is 12.8. The van der Waals surface area contributed by atoms with Crippen LogP contribution < -0.4 is 9.64 Å². The number of carbonyl (C=O) groups is 1. The molecule has 4 aromatic rings. The number of rotatable bonds is 3. The van der Waals surface area contributed by atoms with Crippen molar-refractivity contribution in [3.63, 3.8) is 0 Å². The highest BCUT2D eigenvalue weighted by Gasteiger charge is 2.36. The van der Waals surface area contributed by atoms with Crippen LogP contribution in [-0.2, 0) is 4.79 Å². The molecule has 32 heavy (non-hydrogen) atoms. The Morgan fingerprint density at radius 2 is 1.84 bits per heavy atom. The van der Waals surface area contributed by atoms with Gasteiger partial charge in [0, 0.05) is 23.1 Å². The Hall–Kier alpha value is -3.36. The van der Waals surface area contributed by atoms with Crippen LogP contribution in [0.5, 0.6) is 5.88 Å². The Kier molecular flexibility index (Phi) is 5.32. The summed E-state index contributed by atoms with van der Waals surface area (Å²) < 4.78 is 12.4. The quantitative estimate of drug-likeness (QED) is 0.364. The van der Waals surface area contributed by atoms with Crippen LogP contribution in [0.4, 0.5) is 5.69 Å². The first kappa shape index (κ1) is 20.5. The molecule has 3 heterocycles. The third kappa shape index (κ3) is 3.61. The molecule has 2 aromatic heterocycles. The van der Waals surface area contributed by atoms with E-state index in [-0.39, 0.29) is 11.8 Å². The highest BCUT2D eigenvalue weighted by atomic mass is 35.5. The summed E-state index contributed by atoms with van der Waals surface area (Å²) in [6.07, 6.45) is 0.987. The van der Waals surface area contributed by atoms with Crippen LogP contribution in [0.15, 0.2) is 70.2 Å². The maximum Gasteiger partial charge on any atom is 0.247 e. The Labute approximate surface area is 193 Å². The number of amides is 1. The van der Waals surface area contributed by atoms with Gasteiger partial charge in [-0.1, -0.05) is 41.6 Å². The minimum absolute atomic E-state index is 0.210. The van der Waals surface area contributed by atoms with E-state index < -0.39 is 6.23 Å². The standard InChI is InChI=1S/C23H17ClN4O3S/c1-13(29)28-17-6-4-3-5-16(17)20-21(25-23(32-2)27-26-20)31-22(28)19-12-11-18(30-19)14-7-9-15(24)10-8-14/h3-12,22H,1-2H3/t22-/m1/s1. The van der Waals surface area contributed by atoms with E-state index >= 15 is 0 Å². The topological polar surface area (TPSA) is 81.3 Å². The molecule has 0 saturated heterocycles. The number of nitrogens with zero attached hydrogens (tertiary/aromatic N) is 4. The third-order valence-corrected chi connectivity index (χ3v) is 5.82. The minimum Gasteiger partial charge on any atom is -0.455 e. The molecule has 0 aliphatic carbocycles. The van der Waals surface area contributed by atoms with Crippen LogP contribution >= 0.6 is 23.4 Å². The van der Waals surface area contributed by atoms with Gasteiger partial charge in [0.05, 0.1) is 5.69 Å². The number of hydrogen-bond donors (Lipinski definition) is 0. The summed E-state index contributed by atoms with van der Waals surface area (Å²) in [6.45, 7) is 1.48. The summed E-state index contributed by atoms with van der Waals surface area (Å²) in [4.78, 5) is 18.9. The molecule has 0 radical (unpaired) electrons. The molecule has 0 spiro atoms. The zero-order chi connectivity index (χ0) is 22.2. The lowest BCUT2D eigenvalue weighted by molar-refractivity contribution is -0.118. The van der Waals surface area contributed by atoms with Crippen LogP contribution in [0.3, 0.4) is 0 Å². The summed E-state index contributed by atoms with van der Waals surface area (Å²) >= 11 is 7.36. The third-order valence-electron chi connectivity index (χ3n) is 5.03. The van der Waals surface area contributed by atoms with Crippen LogP contribution in [-0.4, -0.2) is 27.3 Å². The van der Waals surface area contributed by atoms with E-state index in [1.165, 1.54) is 18.7 Å². The molecule has 7 nitrogen and oxygen atoms in total. The molecule has 0 saturated carbocycles. The number of thioether (sulfide) groups is 1. The van der Waals surface area contributed by atoms with Gasteiger partial charge < -0.3 is 9.15 Å². The van der Waals surface area contributed by atoms with Gasteiger partial charge in [0.1, 0.15) is 5.76 Å². The number of halogens is 1. The lowest BCUT2D eigenvalue weighted by atomic mass is 10.1. The van der Waals surface area contributed by atoms with Crippen molar-refractivity contribution in [3.05, 3.63) is 71.4 Å². The van der Waals surface area contributed by atoms with E-state index in [2.05, 4.69) is 15.2 Å².